The van der Waals surface area contributed by atoms with Crippen LogP contribution in [0, 0.1) is 6.92 Å². The number of aromatic nitrogens is 1. The van der Waals surface area contributed by atoms with E-state index in [2.05, 4.69) is 18.7 Å². The number of rotatable bonds is 9. The highest BCUT2D eigenvalue weighted by Gasteiger charge is 2.23. The molecule has 0 spiro atoms. The van der Waals surface area contributed by atoms with Crippen molar-refractivity contribution in [3.05, 3.63) is 46.5 Å². The number of nitrogens with zero attached hydrogens (tertiary/aromatic N) is 3. The van der Waals surface area contributed by atoms with Gasteiger partial charge in [-0.15, -0.1) is 0 Å². The number of likely N-dealkylation sites (N-methyl/N-ethyl adjacent to an activating group) is 1. The quantitative estimate of drug-likeness (QED) is 0.434. The van der Waals surface area contributed by atoms with Gasteiger partial charge in [-0.3, -0.25) is 9.69 Å². The highest BCUT2D eigenvalue weighted by atomic mass is 35.5. The molecular formula is C23H28ClN3O3S. The van der Waals surface area contributed by atoms with Crippen LogP contribution in [-0.2, 0) is 0 Å². The minimum atomic E-state index is -0.146. The molecule has 0 saturated carbocycles. The van der Waals surface area contributed by atoms with E-state index in [9.17, 15) is 4.79 Å². The summed E-state index contributed by atoms with van der Waals surface area (Å²) in [6.07, 6.45) is 0. The molecule has 1 heterocycles. The molecule has 1 amide bonds. The van der Waals surface area contributed by atoms with Gasteiger partial charge >= 0.3 is 0 Å². The molecule has 0 fully saturated rings. The molecule has 1 aromatic heterocycles. The number of halogens is 1. The SMILES string of the molecule is CCN(CC)CCN(C(=O)c1cc(OC)cc(OC)c1)c1nc2c(C)cc(Cl)cc2s1. The lowest BCUT2D eigenvalue weighted by atomic mass is 10.1. The van der Waals surface area contributed by atoms with Gasteiger partial charge in [-0.25, -0.2) is 4.98 Å². The molecule has 0 aliphatic carbocycles. The minimum absolute atomic E-state index is 0.146. The van der Waals surface area contributed by atoms with Crippen LogP contribution in [0.1, 0.15) is 29.8 Å². The largest absolute Gasteiger partial charge is 0.497 e. The van der Waals surface area contributed by atoms with Gasteiger partial charge in [0.15, 0.2) is 5.13 Å². The van der Waals surface area contributed by atoms with Crippen molar-refractivity contribution in [1.82, 2.24) is 9.88 Å². The molecule has 0 atom stereocenters. The van der Waals surface area contributed by atoms with E-state index in [1.807, 2.05) is 19.1 Å². The number of fused-ring (bicyclic) bond motifs is 1. The van der Waals surface area contributed by atoms with Gasteiger partial charge in [-0.1, -0.05) is 36.8 Å². The van der Waals surface area contributed by atoms with Crippen LogP contribution in [0.25, 0.3) is 10.2 Å². The first-order valence-electron chi connectivity index (χ1n) is 10.2. The van der Waals surface area contributed by atoms with Crippen molar-refractivity contribution in [3.63, 3.8) is 0 Å². The topological polar surface area (TPSA) is 54.9 Å². The van der Waals surface area contributed by atoms with Crippen molar-refractivity contribution < 1.29 is 14.3 Å². The summed E-state index contributed by atoms with van der Waals surface area (Å²) in [5.74, 6) is 0.990. The van der Waals surface area contributed by atoms with Crippen molar-refractivity contribution in [3.8, 4) is 11.5 Å². The van der Waals surface area contributed by atoms with Gasteiger partial charge in [0.1, 0.15) is 11.5 Å². The molecule has 0 aliphatic rings. The maximum Gasteiger partial charge on any atom is 0.260 e. The maximum absolute atomic E-state index is 13.6. The van der Waals surface area contributed by atoms with E-state index >= 15 is 0 Å². The summed E-state index contributed by atoms with van der Waals surface area (Å²) in [4.78, 5) is 22.5. The first kappa shape index (κ1) is 23.3. The number of hydrogen-bond donors (Lipinski definition) is 0. The Hall–Kier alpha value is -2.35. The zero-order valence-corrected chi connectivity index (χ0v) is 20.1. The van der Waals surface area contributed by atoms with E-state index in [1.165, 1.54) is 11.3 Å². The lowest BCUT2D eigenvalue weighted by molar-refractivity contribution is 0.0983. The van der Waals surface area contributed by atoms with Crippen LogP contribution < -0.4 is 14.4 Å². The van der Waals surface area contributed by atoms with Crippen molar-refractivity contribution >= 4 is 44.2 Å². The van der Waals surface area contributed by atoms with E-state index < -0.39 is 0 Å². The summed E-state index contributed by atoms with van der Waals surface area (Å²) in [6, 6.07) is 8.99. The number of amides is 1. The van der Waals surface area contributed by atoms with Crippen molar-refractivity contribution in [1.29, 1.82) is 0 Å². The van der Waals surface area contributed by atoms with Gasteiger partial charge in [0, 0.05) is 29.7 Å². The molecule has 0 unspecified atom stereocenters. The number of hydrogen-bond acceptors (Lipinski definition) is 6. The van der Waals surface area contributed by atoms with Crippen LogP contribution in [0.3, 0.4) is 0 Å². The Balaban J connectivity index is 2.04. The molecule has 0 radical (unpaired) electrons. The van der Waals surface area contributed by atoms with E-state index in [1.54, 1.807) is 37.3 Å². The third-order valence-electron chi connectivity index (χ3n) is 5.25. The lowest BCUT2D eigenvalue weighted by Gasteiger charge is -2.25. The highest BCUT2D eigenvalue weighted by Crippen LogP contribution is 2.34. The summed E-state index contributed by atoms with van der Waals surface area (Å²) in [5.41, 5.74) is 2.35. The number of ether oxygens (including phenoxy) is 2. The number of thiazole rings is 1. The van der Waals surface area contributed by atoms with Crippen LogP contribution >= 0.6 is 22.9 Å². The molecule has 166 valence electrons. The molecule has 0 N–H and O–H groups in total. The molecule has 2 aromatic carbocycles. The van der Waals surface area contributed by atoms with Gasteiger partial charge < -0.3 is 14.4 Å². The van der Waals surface area contributed by atoms with E-state index in [0.29, 0.717) is 33.8 Å². The zero-order valence-electron chi connectivity index (χ0n) is 18.6. The Morgan fingerprint density at radius 1 is 1.03 bits per heavy atom. The molecule has 31 heavy (non-hydrogen) atoms. The smallest absolute Gasteiger partial charge is 0.260 e. The predicted octanol–water partition coefficient (Wildman–Crippen LogP) is 5.26. The normalized spacial score (nSPS) is 11.2. The second-order valence-corrected chi connectivity index (χ2v) is 8.60. The fourth-order valence-electron chi connectivity index (χ4n) is 3.41. The van der Waals surface area contributed by atoms with E-state index in [4.69, 9.17) is 26.1 Å². The Bertz CT molecular complexity index is 1040. The monoisotopic (exact) mass is 461 g/mol. The van der Waals surface area contributed by atoms with E-state index in [-0.39, 0.29) is 5.91 Å². The summed E-state index contributed by atoms with van der Waals surface area (Å²) in [5, 5.41) is 1.32. The Kier molecular flexibility index (Phi) is 7.75. The minimum Gasteiger partial charge on any atom is -0.497 e. The first-order chi connectivity index (χ1) is 14.9. The van der Waals surface area contributed by atoms with E-state index in [0.717, 1.165) is 35.4 Å². The number of anilines is 1. The highest BCUT2D eigenvalue weighted by molar-refractivity contribution is 7.22. The molecule has 0 saturated heterocycles. The third-order valence-corrected chi connectivity index (χ3v) is 6.49. The van der Waals surface area contributed by atoms with Crippen molar-refractivity contribution in [2.45, 2.75) is 20.8 Å². The third kappa shape index (κ3) is 5.29. The second kappa shape index (κ2) is 10.3. The Labute approximate surface area is 192 Å². The number of carbonyl (C=O) groups is 1. The number of methoxy groups -OCH3 is 2. The zero-order chi connectivity index (χ0) is 22.5. The molecule has 0 aliphatic heterocycles. The fourth-order valence-corrected chi connectivity index (χ4v) is 4.85. The Morgan fingerprint density at radius 3 is 2.26 bits per heavy atom. The summed E-state index contributed by atoms with van der Waals surface area (Å²) in [6.45, 7) is 9.31. The predicted molar refractivity (Wildman–Crippen MR) is 128 cm³/mol. The summed E-state index contributed by atoms with van der Waals surface area (Å²) >= 11 is 7.71. The van der Waals surface area contributed by atoms with Gasteiger partial charge in [-0.2, -0.15) is 0 Å². The first-order valence-corrected chi connectivity index (χ1v) is 11.4. The molecule has 8 heteroatoms. The average molecular weight is 462 g/mol. The summed E-state index contributed by atoms with van der Waals surface area (Å²) < 4.78 is 11.7. The molecule has 6 nitrogen and oxygen atoms in total. The van der Waals surface area contributed by atoms with Gasteiger partial charge in [0.05, 0.1) is 24.4 Å². The van der Waals surface area contributed by atoms with Crippen LogP contribution in [0.5, 0.6) is 11.5 Å². The average Bonchev–Trinajstić information content (AvgIpc) is 3.20. The lowest BCUT2D eigenvalue weighted by Crippen LogP contribution is -2.38. The van der Waals surface area contributed by atoms with Crippen LogP contribution in [-0.4, -0.2) is 56.2 Å². The second-order valence-electron chi connectivity index (χ2n) is 7.15. The molecule has 3 aromatic rings. The van der Waals surface area contributed by atoms with Crippen LogP contribution in [0.15, 0.2) is 30.3 Å². The van der Waals surface area contributed by atoms with Gasteiger partial charge in [0.2, 0.25) is 0 Å². The molecular weight excluding hydrogens is 434 g/mol. The maximum atomic E-state index is 13.6. The molecule has 3 rings (SSSR count). The Morgan fingerprint density at radius 2 is 1.68 bits per heavy atom. The van der Waals surface area contributed by atoms with Gasteiger partial charge in [-0.05, 0) is 49.8 Å². The fraction of sp³-hybridized carbons (Fsp3) is 0.391. The van der Waals surface area contributed by atoms with Crippen molar-refractivity contribution in [2.75, 3.05) is 45.3 Å². The number of aryl methyl sites for hydroxylation is 1. The van der Waals surface area contributed by atoms with Crippen molar-refractivity contribution in [2.24, 2.45) is 0 Å². The van der Waals surface area contributed by atoms with Crippen LogP contribution in [0.2, 0.25) is 5.02 Å². The van der Waals surface area contributed by atoms with Crippen LogP contribution in [0.4, 0.5) is 5.13 Å². The number of benzene rings is 2. The number of carbonyl (C=O) groups excluding carboxylic acids is 1. The summed E-state index contributed by atoms with van der Waals surface area (Å²) in [7, 11) is 3.14. The van der Waals surface area contributed by atoms with Gasteiger partial charge in [0.25, 0.3) is 5.91 Å². The molecule has 0 bridgehead atoms. The standard InChI is InChI=1S/C23H28ClN3O3S/c1-6-26(7-2)8-9-27(22(28)16-11-18(29-4)14-19(12-16)30-5)23-25-21-15(3)10-17(24)13-20(21)31-23/h10-14H,6-9H2,1-5H3.